The van der Waals surface area contributed by atoms with Gasteiger partial charge in [-0.3, -0.25) is 14.9 Å². The molecular formula is C18H17ClN2O4. The molecule has 0 amide bonds. The summed E-state index contributed by atoms with van der Waals surface area (Å²) in [5.74, 6) is -0.290. The van der Waals surface area contributed by atoms with Crippen molar-refractivity contribution in [2.45, 2.75) is 18.9 Å². The van der Waals surface area contributed by atoms with E-state index in [2.05, 4.69) is 0 Å². The van der Waals surface area contributed by atoms with Crippen molar-refractivity contribution in [3.05, 3.63) is 68.7 Å². The van der Waals surface area contributed by atoms with E-state index in [1.165, 1.54) is 12.1 Å². The topological polar surface area (TPSA) is 83.7 Å². The van der Waals surface area contributed by atoms with Crippen LogP contribution in [-0.2, 0) is 0 Å². The van der Waals surface area contributed by atoms with Crippen molar-refractivity contribution in [3.8, 4) is 0 Å². The molecular weight excluding hydrogens is 344 g/mol. The molecule has 0 unspecified atom stereocenters. The van der Waals surface area contributed by atoms with Crippen LogP contribution in [0, 0.1) is 10.1 Å². The summed E-state index contributed by atoms with van der Waals surface area (Å²) >= 11 is 5.86. The number of nitro groups is 1. The highest BCUT2D eigenvalue weighted by molar-refractivity contribution is 6.30. The summed E-state index contributed by atoms with van der Waals surface area (Å²) in [7, 11) is 0. The number of aliphatic hydroxyl groups excluding tert-OH is 1. The van der Waals surface area contributed by atoms with E-state index in [1.54, 1.807) is 30.3 Å². The van der Waals surface area contributed by atoms with E-state index in [-0.39, 0.29) is 23.1 Å². The first kappa shape index (κ1) is 17.4. The second-order valence-electron chi connectivity index (χ2n) is 6.01. The van der Waals surface area contributed by atoms with Crippen LogP contribution < -0.4 is 4.90 Å². The number of aliphatic hydroxyl groups is 1. The van der Waals surface area contributed by atoms with Gasteiger partial charge < -0.3 is 10.0 Å². The number of hydrogen-bond donors (Lipinski definition) is 1. The molecule has 1 aliphatic rings. The lowest BCUT2D eigenvalue weighted by molar-refractivity contribution is -0.384. The van der Waals surface area contributed by atoms with Gasteiger partial charge in [-0.1, -0.05) is 11.6 Å². The Morgan fingerprint density at radius 3 is 2.40 bits per heavy atom. The monoisotopic (exact) mass is 360 g/mol. The molecule has 1 fully saturated rings. The van der Waals surface area contributed by atoms with Gasteiger partial charge in [0.25, 0.3) is 5.69 Å². The van der Waals surface area contributed by atoms with E-state index >= 15 is 0 Å². The van der Waals surface area contributed by atoms with Gasteiger partial charge in [-0.15, -0.1) is 0 Å². The zero-order chi connectivity index (χ0) is 18.0. The summed E-state index contributed by atoms with van der Waals surface area (Å²) in [5.41, 5.74) is 1.23. The molecule has 2 aromatic carbocycles. The van der Waals surface area contributed by atoms with Crippen LogP contribution in [0.5, 0.6) is 0 Å². The number of carbonyl (C=O) groups excluding carboxylic acids is 1. The normalized spacial score (nSPS) is 15.2. The number of benzene rings is 2. The zero-order valence-corrected chi connectivity index (χ0v) is 14.1. The summed E-state index contributed by atoms with van der Waals surface area (Å²) in [4.78, 5) is 25.5. The first-order chi connectivity index (χ1) is 12.0. The van der Waals surface area contributed by atoms with Gasteiger partial charge in [0.2, 0.25) is 0 Å². The van der Waals surface area contributed by atoms with Gasteiger partial charge in [-0.25, -0.2) is 0 Å². The van der Waals surface area contributed by atoms with Gasteiger partial charge in [0.15, 0.2) is 5.78 Å². The smallest absolute Gasteiger partial charge is 0.270 e. The van der Waals surface area contributed by atoms with E-state index in [0.717, 1.165) is 0 Å². The number of non-ortho nitro benzene ring substituents is 1. The number of rotatable bonds is 4. The quantitative estimate of drug-likeness (QED) is 0.513. The molecule has 130 valence electrons. The second-order valence-corrected chi connectivity index (χ2v) is 6.45. The Hall–Kier alpha value is -2.44. The second kappa shape index (κ2) is 7.21. The minimum Gasteiger partial charge on any atom is -0.393 e. The van der Waals surface area contributed by atoms with Crippen LogP contribution in [0.15, 0.2) is 42.5 Å². The molecule has 3 rings (SSSR count). The highest BCUT2D eigenvalue weighted by atomic mass is 35.5. The number of carbonyl (C=O) groups is 1. The van der Waals surface area contributed by atoms with E-state index < -0.39 is 4.92 Å². The highest BCUT2D eigenvalue weighted by Gasteiger charge is 2.24. The number of nitro benzene ring substituents is 1. The van der Waals surface area contributed by atoms with Gasteiger partial charge in [0.05, 0.1) is 16.6 Å². The van der Waals surface area contributed by atoms with E-state index in [4.69, 9.17) is 11.6 Å². The van der Waals surface area contributed by atoms with Crippen molar-refractivity contribution < 1.29 is 14.8 Å². The fourth-order valence-corrected chi connectivity index (χ4v) is 3.08. The Morgan fingerprint density at radius 1 is 1.16 bits per heavy atom. The Balaban J connectivity index is 2.02. The maximum absolute atomic E-state index is 12.9. The van der Waals surface area contributed by atoms with Crippen LogP contribution >= 0.6 is 11.6 Å². The van der Waals surface area contributed by atoms with Crippen molar-refractivity contribution in [1.29, 1.82) is 0 Å². The molecule has 0 aliphatic carbocycles. The maximum atomic E-state index is 12.9. The van der Waals surface area contributed by atoms with E-state index in [0.29, 0.717) is 42.2 Å². The van der Waals surface area contributed by atoms with Crippen LogP contribution in [-0.4, -0.2) is 35.0 Å². The van der Waals surface area contributed by atoms with Gasteiger partial charge in [0, 0.05) is 41.5 Å². The molecule has 1 saturated heterocycles. The van der Waals surface area contributed by atoms with Crippen molar-refractivity contribution in [2.75, 3.05) is 18.0 Å². The van der Waals surface area contributed by atoms with Gasteiger partial charge in [0.1, 0.15) is 0 Å². The van der Waals surface area contributed by atoms with Gasteiger partial charge in [-0.05, 0) is 43.2 Å². The molecule has 0 bridgehead atoms. The molecule has 0 atom stereocenters. The summed E-state index contributed by atoms with van der Waals surface area (Å²) in [5, 5.41) is 21.3. The van der Waals surface area contributed by atoms with Crippen molar-refractivity contribution >= 4 is 28.8 Å². The Morgan fingerprint density at radius 2 is 1.80 bits per heavy atom. The van der Waals surface area contributed by atoms with Crippen LogP contribution in [0.1, 0.15) is 28.8 Å². The minimum absolute atomic E-state index is 0.127. The van der Waals surface area contributed by atoms with E-state index in [1.807, 2.05) is 4.90 Å². The largest absolute Gasteiger partial charge is 0.393 e. The molecule has 0 radical (unpaired) electrons. The average Bonchev–Trinajstić information content (AvgIpc) is 2.62. The lowest BCUT2D eigenvalue weighted by Crippen LogP contribution is -2.36. The molecule has 0 spiro atoms. The van der Waals surface area contributed by atoms with Crippen molar-refractivity contribution in [1.82, 2.24) is 0 Å². The number of ketones is 1. The fraction of sp³-hybridized carbons (Fsp3) is 0.278. The number of hydrogen-bond acceptors (Lipinski definition) is 5. The molecule has 1 aliphatic heterocycles. The number of nitrogens with zero attached hydrogens (tertiary/aromatic N) is 2. The first-order valence-electron chi connectivity index (χ1n) is 7.97. The molecule has 0 saturated carbocycles. The summed E-state index contributed by atoms with van der Waals surface area (Å²) in [6.45, 7) is 1.19. The van der Waals surface area contributed by atoms with Crippen LogP contribution in [0.4, 0.5) is 11.4 Å². The highest BCUT2D eigenvalue weighted by Crippen LogP contribution is 2.30. The van der Waals surface area contributed by atoms with Gasteiger partial charge in [-0.2, -0.15) is 0 Å². The molecule has 7 heteroatoms. The lowest BCUT2D eigenvalue weighted by Gasteiger charge is -2.32. The lowest BCUT2D eigenvalue weighted by atomic mass is 9.98. The number of anilines is 1. The molecule has 1 heterocycles. The average molecular weight is 361 g/mol. The van der Waals surface area contributed by atoms with Crippen LogP contribution in [0.2, 0.25) is 5.02 Å². The molecule has 25 heavy (non-hydrogen) atoms. The predicted molar refractivity (Wildman–Crippen MR) is 95.4 cm³/mol. The predicted octanol–water partition coefficient (Wildman–Crippen LogP) is 3.44. The van der Waals surface area contributed by atoms with Crippen molar-refractivity contribution in [2.24, 2.45) is 0 Å². The zero-order valence-electron chi connectivity index (χ0n) is 13.4. The number of halogens is 1. The van der Waals surface area contributed by atoms with Crippen molar-refractivity contribution in [3.63, 3.8) is 0 Å². The number of piperidine rings is 1. The molecule has 2 aromatic rings. The fourth-order valence-electron chi connectivity index (χ4n) is 2.96. The van der Waals surface area contributed by atoms with Crippen LogP contribution in [0.3, 0.4) is 0 Å². The third kappa shape index (κ3) is 3.81. The van der Waals surface area contributed by atoms with E-state index in [9.17, 15) is 20.0 Å². The third-order valence-electron chi connectivity index (χ3n) is 4.35. The Labute approximate surface area is 149 Å². The Bertz CT molecular complexity index is 799. The van der Waals surface area contributed by atoms with Gasteiger partial charge >= 0.3 is 0 Å². The molecule has 1 N–H and O–H groups in total. The molecule has 6 nitrogen and oxygen atoms in total. The molecule has 0 aromatic heterocycles. The van der Waals surface area contributed by atoms with Crippen LogP contribution in [0.25, 0.3) is 0 Å². The minimum atomic E-state index is -0.512. The SMILES string of the molecule is O=C(c1ccc(Cl)cc1)c1cc([N+](=O)[O-])ccc1N1CCC(O)CC1. The summed E-state index contributed by atoms with van der Waals surface area (Å²) in [6.07, 6.45) is 0.863. The maximum Gasteiger partial charge on any atom is 0.270 e. The summed E-state index contributed by atoms with van der Waals surface area (Å²) in [6, 6.07) is 10.8. The first-order valence-corrected chi connectivity index (χ1v) is 8.35. The summed E-state index contributed by atoms with van der Waals surface area (Å²) < 4.78 is 0. The Kier molecular flexibility index (Phi) is 5.01. The third-order valence-corrected chi connectivity index (χ3v) is 4.60. The standard InChI is InChI=1S/C18H17ClN2O4/c19-13-3-1-12(2-4-13)18(23)16-11-14(21(24)25)5-6-17(16)20-9-7-15(22)8-10-20/h1-6,11,15,22H,7-10H2.